The first-order chi connectivity index (χ1) is 8.28. The van der Waals surface area contributed by atoms with E-state index in [1.54, 1.807) is 6.92 Å². The van der Waals surface area contributed by atoms with Crippen molar-refractivity contribution in [1.82, 2.24) is 5.32 Å². The number of nitrogens with zero attached hydrogens (tertiary/aromatic N) is 1. The molecule has 1 aliphatic rings. The fraction of sp³-hybridized carbons (Fsp3) is 0.500. The van der Waals surface area contributed by atoms with Gasteiger partial charge in [0.15, 0.2) is 0 Å². The minimum atomic E-state index is -4.76. The average Bonchev–Trinajstić information content (AvgIpc) is 2.18. The predicted molar refractivity (Wildman–Crippen MR) is 60.9 cm³/mol. The summed E-state index contributed by atoms with van der Waals surface area (Å²) < 4.78 is 40.4. The van der Waals surface area contributed by atoms with Crippen molar-refractivity contribution in [2.24, 2.45) is 16.5 Å². The van der Waals surface area contributed by atoms with Gasteiger partial charge in [0, 0.05) is 11.8 Å². The lowest BCUT2D eigenvalue weighted by atomic mass is 10.1. The van der Waals surface area contributed by atoms with Crippen LogP contribution in [0, 0.1) is 0 Å². The van der Waals surface area contributed by atoms with E-state index in [4.69, 9.17) is 11.5 Å². The van der Waals surface area contributed by atoms with E-state index in [2.05, 4.69) is 15.0 Å². The number of rotatable bonds is 4. The number of hydrogen-bond acceptors (Lipinski definition) is 4. The molecular weight excluding hydrogens is 249 g/mol. The van der Waals surface area contributed by atoms with Crippen LogP contribution < -0.4 is 16.8 Å². The molecule has 0 saturated carbocycles. The maximum Gasteiger partial charge on any atom is 0.573 e. The van der Waals surface area contributed by atoms with Crippen LogP contribution in [0.4, 0.5) is 13.2 Å². The molecule has 0 fully saturated rings. The third-order valence-corrected chi connectivity index (χ3v) is 2.05. The van der Waals surface area contributed by atoms with E-state index in [1.807, 2.05) is 0 Å². The first-order valence-corrected chi connectivity index (χ1v) is 5.26. The number of nitrogens with two attached hydrogens (primary N) is 2. The van der Waals surface area contributed by atoms with Gasteiger partial charge in [-0.2, -0.15) is 0 Å². The van der Waals surface area contributed by atoms with Crippen LogP contribution in [-0.2, 0) is 4.74 Å². The Morgan fingerprint density at radius 3 is 2.72 bits per heavy atom. The summed E-state index contributed by atoms with van der Waals surface area (Å²) in [6, 6.07) is 0. The maximum atomic E-state index is 12.2. The van der Waals surface area contributed by atoms with Crippen LogP contribution in [-0.4, -0.2) is 18.9 Å². The molecule has 0 aromatic heterocycles. The van der Waals surface area contributed by atoms with Crippen molar-refractivity contribution >= 4 is 6.34 Å². The lowest BCUT2D eigenvalue weighted by Gasteiger charge is -2.19. The number of aliphatic imine (C=N–C) groups is 1. The predicted octanol–water partition coefficient (Wildman–Crippen LogP) is 1.29. The number of ether oxygens (including phenoxy) is 1. The fourth-order valence-corrected chi connectivity index (χ4v) is 1.31. The molecule has 0 aromatic carbocycles. The number of allylic oxidation sites excluding steroid dienone is 3. The Morgan fingerprint density at radius 2 is 2.17 bits per heavy atom. The van der Waals surface area contributed by atoms with Crippen LogP contribution in [0.3, 0.4) is 0 Å². The topological polar surface area (TPSA) is 85.7 Å². The summed E-state index contributed by atoms with van der Waals surface area (Å²) in [6.45, 7) is 1.64. The van der Waals surface area contributed by atoms with E-state index in [-0.39, 0.29) is 11.5 Å². The Bertz CT molecular complexity index is 385. The Balaban J connectivity index is 2.82. The Labute approximate surface area is 102 Å². The highest BCUT2D eigenvalue weighted by Gasteiger charge is 2.33. The maximum absolute atomic E-state index is 12.2. The molecule has 102 valence electrons. The SMILES string of the molecule is CC(N)/N=C\NC1=C(OC(F)(F)F)C=C(N)CC1. The highest BCUT2D eigenvalue weighted by atomic mass is 19.4. The molecular formula is C10H15F3N4O. The molecule has 1 atom stereocenters. The Kier molecular flexibility index (Phi) is 4.60. The zero-order chi connectivity index (χ0) is 13.8. The monoisotopic (exact) mass is 264 g/mol. The van der Waals surface area contributed by atoms with Crippen molar-refractivity contribution in [3.8, 4) is 0 Å². The number of nitrogens with one attached hydrogen (secondary N) is 1. The van der Waals surface area contributed by atoms with Gasteiger partial charge in [0.25, 0.3) is 0 Å². The molecule has 0 spiro atoms. The largest absolute Gasteiger partial charge is 0.573 e. The molecule has 5 N–H and O–H groups in total. The number of alkyl halides is 3. The van der Waals surface area contributed by atoms with Gasteiger partial charge < -0.3 is 21.5 Å². The molecule has 0 aliphatic heterocycles. The van der Waals surface area contributed by atoms with Crippen LogP contribution >= 0.6 is 0 Å². The van der Waals surface area contributed by atoms with Gasteiger partial charge in [0.05, 0.1) is 18.2 Å². The van der Waals surface area contributed by atoms with E-state index in [9.17, 15) is 13.2 Å². The quantitative estimate of drug-likeness (QED) is 0.527. The van der Waals surface area contributed by atoms with Crippen LogP contribution in [0.5, 0.6) is 0 Å². The van der Waals surface area contributed by atoms with Crippen LogP contribution in [0.15, 0.2) is 28.2 Å². The summed E-state index contributed by atoms with van der Waals surface area (Å²) in [5, 5.41) is 2.63. The molecule has 1 aliphatic carbocycles. The molecule has 0 amide bonds. The van der Waals surface area contributed by atoms with Gasteiger partial charge in [-0.3, -0.25) is 4.99 Å². The van der Waals surface area contributed by atoms with E-state index in [1.165, 1.54) is 6.34 Å². The first-order valence-electron chi connectivity index (χ1n) is 5.26. The molecule has 0 aromatic rings. The van der Waals surface area contributed by atoms with E-state index in [0.717, 1.165) is 6.08 Å². The molecule has 5 nitrogen and oxygen atoms in total. The minimum Gasteiger partial charge on any atom is -0.404 e. The molecule has 1 unspecified atom stereocenters. The summed E-state index contributed by atoms with van der Waals surface area (Å²) in [6.07, 6.45) is -2.02. The second-order valence-corrected chi connectivity index (χ2v) is 3.77. The zero-order valence-electron chi connectivity index (χ0n) is 9.79. The zero-order valence-corrected chi connectivity index (χ0v) is 9.79. The van der Waals surface area contributed by atoms with Gasteiger partial charge >= 0.3 is 6.36 Å². The lowest BCUT2D eigenvalue weighted by Crippen LogP contribution is -2.23. The van der Waals surface area contributed by atoms with E-state index in [0.29, 0.717) is 18.5 Å². The lowest BCUT2D eigenvalue weighted by molar-refractivity contribution is -0.304. The van der Waals surface area contributed by atoms with Crippen LogP contribution in [0.1, 0.15) is 19.8 Å². The van der Waals surface area contributed by atoms with Crippen LogP contribution in [0.2, 0.25) is 0 Å². The summed E-state index contributed by atoms with van der Waals surface area (Å²) >= 11 is 0. The van der Waals surface area contributed by atoms with Crippen molar-refractivity contribution in [2.45, 2.75) is 32.3 Å². The van der Waals surface area contributed by atoms with Crippen LogP contribution in [0.25, 0.3) is 0 Å². The molecule has 8 heteroatoms. The normalized spacial score (nSPS) is 18.8. The third kappa shape index (κ3) is 5.09. The van der Waals surface area contributed by atoms with E-state index < -0.39 is 12.5 Å². The summed E-state index contributed by atoms with van der Waals surface area (Å²) in [5.74, 6) is -0.345. The first kappa shape index (κ1) is 14.4. The van der Waals surface area contributed by atoms with Gasteiger partial charge in [0.2, 0.25) is 0 Å². The standard InChI is InChI=1S/C10H15F3N4O/c1-6(14)16-5-17-8-3-2-7(15)4-9(8)18-10(11,12)13/h4-6H,2-3,14-15H2,1H3,(H,16,17). The highest BCUT2D eigenvalue weighted by Crippen LogP contribution is 2.27. The second-order valence-electron chi connectivity index (χ2n) is 3.77. The van der Waals surface area contributed by atoms with Gasteiger partial charge in [-0.15, -0.1) is 13.2 Å². The third-order valence-electron chi connectivity index (χ3n) is 2.05. The van der Waals surface area contributed by atoms with Crippen molar-refractivity contribution in [2.75, 3.05) is 0 Å². The fourth-order valence-electron chi connectivity index (χ4n) is 1.31. The van der Waals surface area contributed by atoms with Gasteiger partial charge in [-0.05, 0) is 19.8 Å². The number of hydrogen-bond donors (Lipinski definition) is 3. The summed E-state index contributed by atoms with van der Waals surface area (Å²) in [4.78, 5) is 3.79. The smallest absolute Gasteiger partial charge is 0.404 e. The van der Waals surface area contributed by atoms with Gasteiger partial charge in [-0.1, -0.05) is 0 Å². The average molecular weight is 264 g/mol. The molecule has 1 rings (SSSR count). The summed E-state index contributed by atoms with van der Waals surface area (Å²) in [5.41, 5.74) is 11.5. The summed E-state index contributed by atoms with van der Waals surface area (Å²) in [7, 11) is 0. The molecule has 0 bridgehead atoms. The number of halogens is 3. The molecule has 18 heavy (non-hydrogen) atoms. The Hall–Kier alpha value is -1.70. The molecule has 0 heterocycles. The van der Waals surface area contributed by atoms with Crippen molar-refractivity contribution in [1.29, 1.82) is 0 Å². The minimum absolute atomic E-state index is 0.269. The van der Waals surface area contributed by atoms with Crippen molar-refractivity contribution < 1.29 is 17.9 Å². The van der Waals surface area contributed by atoms with Gasteiger partial charge in [-0.25, -0.2) is 0 Å². The second kappa shape index (κ2) is 5.76. The van der Waals surface area contributed by atoms with Crippen molar-refractivity contribution in [3.05, 3.63) is 23.2 Å². The van der Waals surface area contributed by atoms with E-state index >= 15 is 0 Å². The van der Waals surface area contributed by atoms with Gasteiger partial charge in [0.1, 0.15) is 5.76 Å². The highest BCUT2D eigenvalue weighted by molar-refractivity contribution is 5.58. The Morgan fingerprint density at radius 1 is 1.50 bits per heavy atom. The molecule has 0 radical (unpaired) electrons. The van der Waals surface area contributed by atoms with Crippen molar-refractivity contribution in [3.63, 3.8) is 0 Å². The molecule has 0 saturated heterocycles.